The second-order valence-corrected chi connectivity index (χ2v) is 4.47. The van der Waals surface area contributed by atoms with Crippen LogP contribution in [0.4, 0.5) is 0 Å². The van der Waals surface area contributed by atoms with Gasteiger partial charge in [0, 0.05) is 0 Å². The van der Waals surface area contributed by atoms with Gasteiger partial charge in [-0.3, -0.25) is 0 Å². The van der Waals surface area contributed by atoms with E-state index >= 15 is 0 Å². The van der Waals surface area contributed by atoms with Crippen molar-refractivity contribution in [3.05, 3.63) is 0 Å². The quantitative estimate of drug-likeness (QED) is 0.634. The minimum Gasteiger partial charge on any atom is -0.394 e. The maximum atomic E-state index is 8.90. The largest absolute Gasteiger partial charge is 0.394 e. The molecule has 0 bridgehead atoms. The Hall–Kier alpha value is -0.160. The summed E-state index contributed by atoms with van der Waals surface area (Å²) in [6.07, 6.45) is -0.329. The summed E-state index contributed by atoms with van der Waals surface area (Å²) in [7, 11) is 0. The smallest absolute Gasteiger partial charge is 0.104 e. The second kappa shape index (κ2) is 7.17. The van der Waals surface area contributed by atoms with E-state index in [0.29, 0.717) is 13.2 Å². The molecule has 0 rings (SSSR count). The van der Waals surface area contributed by atoms with Gasteiger partial charge >= 0.3 is 0 Å². The SMILES string of the molecule is CC(C)(C)COCC(CO)OCCO. The number of rotatable bonds is 7. The Morgan fingerprint density at radius 2 is 1.86 bits per heavy atom. The predicted octanol–water partition coefficient (Wildman–Crippen LogP) is 0.419. The molecule has 0 saturated carbocycles. The monoisotopic (exact) mass is 206 g/mol. The van der Waals surface area contributed by atoms with Crippen molar-refractivity contribution in [2.45, 2.75) is 26.9 Å². The van der Waals surface area contributed by atoms with Crippen LogP contribution in [0.15, 0.2) is 0 Å². The predicted molar refractivity (Wildman–Crippen MR) is 54.2 cm³/mol. The first-order chi connectivity index (χ1) is 6.49. The van der Waals surface area contributed by atoms with Crippen molar-refractivity contribution >= 4 is 0 Å². The van der Waals surface area contributed by atoms with Gasteiger partial charge in [0.1, 0.15) is 6.10 Å². The van der Waals surface area contributed by atoms with Gasteiger partial charge in [-0.05, 0) is 5.41 Å². The second-order valence-electron chi connectivity index (χ2n) is 4.47. The molecule has 0 heterocycles. The lowest BCUT2D eigenvalue weighted by Gasteiger charge is -2.21. The zero-order valence-corrected chi connectivity index (χ0v) is 9.32. The van der Waals surface area contributed by atoms with Crippen LogP contribution in [0.25, 0.3) is 0 Å². The molecule has 0 aliphatic carbocycles. The number of ether oxygens (including phenoxy) is 2. The third-order valence-corrected chi connectivity index (χ3v) is 1.49. The summed E-state index contributed by atoms with van der Waals surface area (Å²) in [6, 6.07) is 0. The zero-order chi connectivity index (χ0) is 11.0. The first kappa shape index (κ1) is 13.8. The highest BCUT2D eigenvalue weighted by Gasteiger charge is 2.13. The highest BCUT2D eigenvalue weighted by Crippen LogP contribution is 2.12. The van der Waals surface area contributed by atoms with Gasteiger partial charge in [0.25, 0.3) is 0 Å². The van der Waals surface area contributed by atoms with E-state index < -0.39 is 0 Å². The summed E-state index contributed by atoms with van der Waals surface area (Å²) >= 11 is 0. The van der Waals surface area contributed by atoms with Gasteiger partial charge in [-0.1, -0.05) is 20.8 Å². The van der Waals surface area contributed by atoms with Crippen molar-refractivity contribution in [1.82, 2.24) is 0 Å². The number of hydrogen-bond donors (Lipinski definition) is 2. The molecule has 0 aliphatic heterocycles. The van der Waals surface area contributed by atoms with E-state index in [4.69, 9.17) is 19.7 Å². The van der Waals surface area contributed by atoms with Gasteiger partial charge in [-0.15, -0.1) is 0 Å². The number of aliphatic hydroxyl groups excluding tert-OH is 2. The molecule has 1 unspecified atom stereocenters. The van der Waals surface area contributed by atoms with Gasteiger partial charge < -0.3 is 19.7 Å². The molecule has 0 saturated heterocycles. The van der Waals surface area contributed by atoms with Crippen LogP contribution in [0.2, 0.25) is 0 Å². The van der Waals surface area contributed by atoms with E-state index in [1.54, 1.807) is 0 Å². The summed E-state index contributed by atoms with van der Waals surface area (Å²) in [6.45, 7) is 7.37. The fourth-order valence-electron chi connectivity index (χ4n) is 0.869. The molecular weight excluding hydrogens is 184 g/mol. The minimum absolute atomic E-state index is 0.0320. The fraction of sp³-hybridized carbons (Fsp3) is 1.00. The average Bonchev–Trinajstić information content (AvgIpc) is 2.09. The van der Waals surface area contributed by atoms with E-state index in [9.17, 15) is 0 Å². The summed E-state index contributed by atoms with van der Waals surface area (Å²) in [5.74, 6) is 0. The summed E-state index contributed by atoms with van der Waals surface area (Å²) < 4.78 is 10.5. The van der Waals surface area contributed by atoms with E-state index in [1.165, 1.54) is 0 Å². The molecule has 86 valence electrons. The molecule has 0 aromatic rings. The minimum atomic E-state index is -0.329. The lowest BCUT2D eigenvalue weighted by Crippen LogP contribution is -2.27. The number of aliphatic hydroxyl groups is 2. The maximum Gasteiger partial charge on any atom is 0.104 e. The molecule has 0 fully saturated rings. The molecule has 0 spiro atoms. The van der Waals surface area contributed by atoms with Crippen LogP contribution in [-0.4, -0.2) is 49.4 Å². The molecule has 4 heteroatoms. The molecule has 1 atom stereocenters. The topological polar surface area (TPSA) is 58.9 Å². The van der Waals surface area contributed by atoms with Crippen molar-refractivity contribution in [1.29, 1.82) is 0 Å². The molecule has 0 aromatic carbocycles. The standard InChI is InChI=1S/C10H22O4/c1-10(2,3)8-13-7-9(6-12)14-5-4-11/h9,11-12H,4-8H2,1-3H3. The maximum absolute atomic E-state index is 8.90. The Kier molecular flexibility index (Phi) is 7.09. The Morgan fingerprint density at radius 3 is 2.29 bits per heavy atom. The van der Waals surface area contributed by atoms with Crippen LogP contribution in [0.5, 0.6) is 0 Å². The van der Waals surface area contributed by atoms with Crippen LogP contribution in [-0.2, 0) is 9.47 Å². The average molecular weight is 206 g/mol. The molecule has 14 heavy (non-hydrogen) atoms. The van der Waals surface area contributed by atoms with Crippen molar-refractivity contribution in [3.8, 4) is 0 Å². The van der Waals surface area contributed by atoms with Crippen LogP contribution >= 0.6 is 0 Å². The normalized spacial score (nSPS) is 14.4. The zero-order valence-electron chi connectivity index (χ0n) is 9.32. The summed E-state index contributed by atoms with van der Waals surface area (Å²) in [5.41, 5.74) is 0.122. The Bertz CT molecular complexity index is 131. The van der Waals surface area contributed by atoms with Gasteiger partial charge in [-0.25, -0.2) is 0 Å². The molecule has 0 aromatic heterocycles. The molecule has 0 radical (unpaired) electrons. The molecule has 2 N–H and O–H groups in total. The van der Waals surface area contributed by atoms with E-state index in [-0.39, 0.29) is 31.3 Å². The van der Waals surface area contributed by atoms with Gasteiger partial charge in [0.2, 0.25) is 0 Å². The van der Waals surface area contributed by atoms with Crippen LogP contribution in [0.1, 0.15) is 20.8 Å². The van der Waals surface area contributed by atoms with E-state index in [1.807, 2.05) is 0 Å². The Morgan fingerprint density at radius 1 is 1.21 bits per heavy atom. The van der Waals surface area contributed by atoms with Gasteiger partial charge in [0.15, 0.2) is 0 Å². The van der Waals surface area contributed by atoms with Gasteiger partial charge in [0.05, 0.1) is 33.0 Å². The Labute approximate surface area is 85.8 Å². The van der Waals surface area contributed by atoms with Crippen LogP contribution < -0.4 is 0 Å². The van der Waals surface area contributed by atoms with Gasteiger partial charge in [-0.2, -0.15) is 0 Å². The highest BCUT2D eigenvalue weighted by atomic mass is 16.5. The van der Waals surface area contributed by atoms with Crippen LogP contribution in [0.3, 0.4) is 0 Å². The fourth-order valence-corrected chi connectivity index (χ4v) is 0.869. The van der Waals surface area contributed by atoms with Crippen molar-refractivity contribution in [2.24, 2.45) is 5.41 Å². The first-order valence-electron chi connectivity index (χ1n) is 4.90. The highest BCUT2D eigenvalue weighted by molar-refractivity contribution is 4.61. The van der Waals surface area contributed by atoms with Crippen molar-refractivity contribution in [2.75, 3.05) is 33.0 Å². The molecular formula is C10H22O4. The first-order valence-corrected chi connectivity index (χ1v) is 4.90. The number of hydrogen-bond acceptors (Lipinski definition) is 4. The molecule has 4 nitrogen and oxygen atoms in total. The lowest BCUT2D eigenvalue weighted by molar-refractivity contribution is -0.0614. The third kappa shape index (κ3) is 8.44. The molecule has 0 amide bonds. The van der Waals surface area contributed by atoms with E-state index in [0.717, 1.165) is 0 Å². The van der Waals surface area contributed by atoms with Crippen molar-refractivity contribution in [3.63, 3.8) is 0 Å². The summed E-state index contributed by atoms with van der Waals surface area (Å²) in [5, 5.41) is 17.4. The van der Waals surface area contributed by atoms with Crippen LogP contribution in [0, 0.1) is 5.41 Å². The Balaban J connectivity index is 3.52. The lowest BCUT2D eigenvalue weighted by atomic mass is 9.99. The van der Waals surface area contributed by atoms with Crippen molar-refractivity contribution < 1.29 is 19.7 Å². The molecule has 0 aliphatic rings. The summed E-state index contributed by atoms with van der Waals surface area (Å²) in [4.78, 5) is 0. The third-order valence-electron chi connectivity index (χ3n) is 1.49. The van der Waals surface area contributed by atoms with E-state index in [2.05, 4.69) is 20.8 Å².